The van der Waals surface area contributed by atoms with Gasteiger partial charge in [0.15, 0.2) is 24.0 Å². The molecule has 1 unspecified atom stereocenters. The zero-order valence-electron chi connectivity index (χ0n) is 21.8. The van der Waals surface area contributed by atoms with E-state index in [1.54, 1.807) is 0 Å². The molecule has 1 aliphatic carbocycles. The Morgan fingerprint density at radius 1 is 0.805 bits per heavy atom. The molecule has 2 aromatic rings. The molecule has 3 aliphatic rings. The van der Waals surface area contributed by atoms with Crippen molar-refractivity contribution in [3.8, 4) is 17.2 Å². The summed E-state index contributed by atoms with van der Waals surface area (Å²) >= 11 is 0. The van der Waals surface area contributed by atoms with Gasteiger partial charge in [0, 0.05) is 22.3 Å². The second-order valence-electron chi connectivity index (χ2n) is 10.3. The molecular formula is C27H30O14. The minimum absolute atomic E-state index is 0.00300. The van der Waals surface area contributed by atoms with Gasteiger partial charge in [-0.05, 0) is 38.1 Å². The number of aromatic hydroxyl groups is 2. The Labute approximate surface area is 232 Å². The Morgan fingerprint density at radius 2 is 1.51 bits per heavy atom. The van der Waals surface area contributed by atoms with Crippen LogP contribution in [0.2, 0.25) is 0 Å². The summed E-state index contributed by atoms with van der Waals surface area (Å²) in [6, 6.07) is 4.79. The maximum atomic E-state index is 13.3. The van der Waals surface area contributed by atoms with Crippen molar-refractivity contribution in [1.29, 1.82) is 0 Å². The summed E-state index contributed by atoms with van der Waals surface area (Å²) in [5, 5.41) is 82.3. The van der Waals surface area contributed by atoms with Crippen LogP contribution < -0.4 is 4.74 Å². The number of benzene rings is 2. The molecule has 2 aromatic carbocycles. The van der Waals surface area contributed by atoms with Gasteiger partial charge in [-0.2, -0.15) is 0 Å². The van der Waals surface area contributed by atoms with Crippen LogP contribution in [0, 0.1) is 6.92 Å². The van der Waals surface area contributed by atoms with Gasteiger partial charge in [0.25, 0.3) is 0 Å². The Morgan fingerprint density at radius 3 is 2.20 bits per heavy atom. The fourth-order valence-electron chi connectivity index (χ4n) is 5.17. The average Bonchev–Trinajstić information content (AvgIpc) is 2.94. The first-order chi connectivity index (χ1) is 19.3. The van der Waals surface area contributed by atoms with E-state index in [0.717, 1.165) is 12.1 Å². The van der Waals surface area contributed by atoms with E-state index in [-0.39, 0.29) is 39.3 Å². The van der Waals surface area contributed by atoms with Gasteiger partial charge >= 0.3 is 0 Å². The Balaban J connectivity index is 1.50. The normalized spacial score (nSPS) is 35.1. The minimum atomic E-state index is -1.80. The number of carbonyl (C=O) groups is 2. The third-order valence-corrected chi connectivity index (χ3v) is 7.64. The Hall–Kier alpha value is -3.18. The average molecular weight is 579 g/mol. The summed E-state index contributed by atoms with van der Waals surface area (Å²) in [4.78, 5) is 26.4. The molecular weight excluding hydrogens is 548 g/mol. The standard InChI is InChI=1S/C27H30O14/c1-8-14(6-13-16(17(8)30)20(33)11-4-3-10(29)5-12(11)19(13)32)39-27-25(23(36)21(34)15(7-28)40-27)41-26-24(37)22(35)18(31)9(2)38-26/h3-6,9,15,18,21-31,34-37H,7H2,1-2H3/t9-,15+,18-,21+,22?,23-,24+,25+,26-,27+/m0/s1. The van der Waals surface area contributed by atoms with Gasteiger partial charge in [0.2, 0.25) is 6.29 Å². The first-order valence-corrected chi connectivity index (χ1v) is 12.8. The van der Waals surface area contributed by atoms with E-state index >= 15 is 0 Å². The molecule has 8 N–H and O–H groups in total. The second-order valence-corrected chi connectivity index (χ2v) is 10.3. The van der Waals surface area contributed by atoms with Crippen LogP contribution in [0.5, 0.6) is 17.2 Å². The van der Waals surface area contributed by atoms with Crippen molar-refractivity contribution in [2.75, 3.05) is 6.61 Å². The van der Waals surface area contributed by atoms with E-state index in [2.05, 4.69) is 0 Å². The van der Waals surface area contributed by atoms with Crippen LogP contribution in [0.15, 0.2) is 24.3 Å². The number of ketones is 2. The zero-order chi connectivity index (χ0) is 29.9. The molecule has 14 nitrogen and oxygen atoms in total. The van der Waals surface area contributed by atoms with E-state index < -0.39 is 85.3 Å². The third-order valence-electron chi connectivity index (χ3n) is 7.64. The summed E-state index contributed by atoms with van der Waals surface area (Å²) in [7, 11) is 0. The van der Waals surface area contributed by atoms with Crippen LogP contribution in [0.4, 0.5) is 0 Å². The summed E-state index contributed by atoms with van der Waals surface area (Å²) in [5.41, 5.74) is -0.626. The van der Waals surface area contributed by atoms with Crippen molar-refractivity contribution in [3.63, 3.8) is 0 Å². The van der Waals surface area contributed by atoms with E-state index in [0.29, 0.717) is 0 Å². The summed E-state index contributed by atoms with van der Waals surface area (Å²) in [6.07, 6.45) is -15.7. The predicted octanol–water partition coefficient (Wildman–Crippen LogP) is -1.79. The highest BCUT2D eigenvalue weighted by molar-refractivity contribution is 6.29. The molecule has 41 heavy (non-hydrogen) atoms. The van der Waals surface area contributed by atoms with Crippen LogP contribution in [-0.4, -0.2) is 120 Å². The smallest absolute Gasteiger partial charge is 0.229 e. The van der Waals surface area contributed by atoms with Gasteiger partial charge < -0.3 is 59.8 Å². The predicted molar refractivity (Wildman–Crippen MR) is 133 cm³/mol. The van der Waals surface area contributed by atoms with E-state index in [9.17, 15) is 50.4 Å². The van der Waals surface area contributed by atoms with Crippen LogP contribution >= 0.6 is 0 Å². The zero-order valence-corrected chi connectivity index (χ0v) is 21.8. The van der Waals surface area contributed by atoms with Gasteiger partial charge in [-0.3, -0.25) is 9.59 Å². The highest BCUT2D eigenvalue weighted by atomic mass is 16.8. The maximum absolute atomic E-state index is 13.3. The Bertz CT molecular complexity index is 1360. The number of aliphatic hydroxyl groups is 6. The molecule has 2 saturated heterocycles. The molecule has 0 spiro atoms. The van der Waals surface area contributed by atoms with Gasteiger partial charge in [-0.15, -0.1) is 0 Å². The lowest BCUT2D eigenvalue weighted by molar-refractivity contribution is -0.354. The molecule has 14 heteroatoms. The first-order valence-electron chi connectivity index (χ1n) is 12.8. The monoisotopic (exact) mass is 578 g/mol. The molecule has 0 saturated carbocycles. The summed E-state index contributed by atoms with van der Waals surface area (Å²) < 4.78 is 22.6. The number of fused-ring (bicyclic) bond motifs is 2. The second kappa shape index (κ2) is 10.9. The SMILES string of the molecule is Cc1c(O[C@@H]2O[C@H](CO)[C@@H](O)[C@H](O)[C@H]2O[C@@H]2O[C@@H](C)[C@H](O)C(O)[C@H]2O)cc2c(c1O)C(=O)c1ccc(O)cc1C2=O. The number of phenolic OH excluding ortho intramolecular Hbond substituents is 2. The molecule has 2 heterocycles. The first kappa shape index (κ1) is 29.3. The quantitative estimate of drug-likeness (QED) is 0.167. The van der Waals surface area contributed by atoms with Crippen molar-refractivity contribution in [2.45, 2.75) is 75.3 Å². The van der Waals surface area contributed by atoms with Crippen molar-refractivity contribution in [2.24, 2.45) is 0 Å². The van der Waals surface area contributed by atoms with Gasteiger partial charge in [0.05, 0.1) is 18.3 Å². The summed E-state index contributed by atoms with van der Waals surface area (Å²) in [5.74, 6) is -2.36. The topological polar surface area (TPSA) is 233 Å². The van der Waals surface area contributed by atoms with E-state index in [1.807, 2.05) is 0 Å². The maximum Gasteiger partial charge on any atom is 0.229 e. The number of aliphatic hydroxyl groups excluding tert-OH is 6. The van der Waals surface area contributed by atoms with Crippen LogP contribution in [0.1, 0.15) is 44.3 Å². The molecule has 0 amide bonds. The van der Waals surface area contributed by atoms with Crippen LogP contribution in [0.3, 0.4) is 0 Å². The summed E-state index contributed by atoms with van der Waals surface area (Å²) in [6.45, 7) is 2.04. The van der Waals surface area contributed by atoms with Crippen molar-refractivity contribution < 1.29 is 69.4 Å². The van der Waals surface area contributed by atoms with Crippen LogP contribution in [-0.2, 0) is 14.2 Å². The van der Waals surface area contributed by atoms with Crippen LogP contribution in [0.25, 0.3) is 0 Å². The molecule has 0 aromatic heterocycles. The molecule has 0 bridgehead atoms. The lowest BCUT2D eigenvalue weighted by atomic mass is 9.82. The number of phenols is 2. The van der Waals surface area contributed by atoms with Gasteiger partial charge in [-0.25, -0.2) is 0 Å². The molecule has 2 aliphatic heterocycles. The molecule has 0 radical (unpaired) electrons. The number of carbonyl (C=O) groups excluding carboxylic acids is 2. The highest BCUT2D eigenvalue weighted by Gasteiger charge is 2.51. The third kappa shape index (κ3) is 4.86. The highest BCUT2D eigenvalue weighted by Crippen LogP contribution is 2.41. The molecule has 5 rings (SSSR count). The van der Waals surface area contributed by atoms with Crippen molar-refractivity contribution in [1.82, 2.24) is 0 Å². The molecule has 10 atom stereocenters. The largest absolute Gasteiger partial charge is 0.508 e. The molecule has 2 fully saturated rings. The Kier molecular flexibility index (Phi) is 7.80. The number of hydrogen-bond donors (Lipinski definition) is 8. The van der Waals surface area contributed by atoms with Crippen molar-refractivity contribution in [3.05, 3.63) is 52.1 Å². The lowest BCUT2D eigenvalue weighted by Crippen LogP contribution is -2.64. The lowest BCUT2D eigenvalue weighted by Gasteiger charge is -2.45. The number of ether oxygens (including phenoxy) is 4. The fraction of sp³-hybridized carbons (Fsp3) is 0.481. The van der Waals surface area contributed by atoms with Gasteiger partial charge in [-0.1, -0.05) is 0 Å². The molecule has 222 valence electrons. The van der Waals surface area contributed by atoms with Gasteiger partial charge in [0.1, 0.15) is 53.9 Å². The van der Waals surface area contributed by atoms with E-state index in [1.165, 1.54) is 26.0 Å². The minimum Gasteiger partial charge on any atom is -0.508 e. The number of rotatable bonds is 5. The number of hydrogen-bond acceptors (Lipinski definition) is 14. The van der Waals surface area contributed by atoms with E-state index in [4.69, 9.17) is 18.9 Å². The fourth-order valence-corrected chi connectivity index (χ4v) is 5.17. The van der Waals surface area contributed by atoms with Crippen molar-refractivity contribution >= 4 is 11.6 Å².